The molecule has 0 radical (unpaired) electrons. The van der Waals surface area contributed by atoms with E-state index in [0.29, 0.717) is 6.42 Å². The highest BCUT2D eigenvalue weighted by molar-refractivity contribution is 9.10. The molecule has 0 aliphatic carbocycles. The van der Waals surface area contributed by atoms with Gasteiger partial charge in [0.25, 0.3) is 0 Å². The Balaban J connectivity index is 2.21. The maximum absolute atomic E-state index is 13.2. The molecule has 1 unspecified atom stereocenters. The van der Waals surface area contributed by atoms with Crippen molar-refractivity contribution < 1.29 is 8.81 Å². The zero-order valence-corrected chi connectivity index (χ0v) is 11.0. The van der Waals surface area contributed by atoms with E-state index in [9.17, 15) is 4.39 Å². The number of hydrogen-bond acceptors (Lipinski definition) is 2. The van der Waals surface area contributed by atoms with E-state index in [1.165, 1.54) is 12.1 Å². The van der Waals surface area contributed by atoms with Crippen molar-refractivity contribution in [2.75, 3.05) is 7.05 Å². The van der Waals surface area contributed by atoms with Crippen molar-refractivity contribution >= 4 is 15.9 Å². The fraction of sp³-hybridized carbons (Fsp3) is 0.231. The Morgan fingerprint density at radius 1 is 1.41 bits per heavy atom. The van der Waals surface area contributed by atoms with Crippen molar-refractivity contribution in [1.82, 2.24) is 5.32 Å². The molecule has 1 atom stereocenters. The minimum atomic E-state index is -0.225. The van der Waals surface area contributed by atoms with Crippen molar-refractivity contribution in [3.05, 3.63) is 58.2 Å². The van der Waals surface area contributed by atoms with Crippen molar-refractivity contribution in [3.63, 3.8) is 0 Å². The molecule has 0 bridgehead atoms. The van der Waals surface area contributed by atoms with Crippen molar-refractivity contribution in [3.8, 4) is 0 Å². The Labute approximate surface area is 108 Å². The van der Waals surface area contributed by atoms with Gasteiger partial charge in [0.1, 0.15) is 11.6 Å². The number of benzene rings is 1. The lowest BCUT2D eigenvalue weighted by Gasteiger charge is -2.14. The monoisotopic (exact) mass is 297 g/mol. The van der Waals surface area contributed by atoms with Crippen LogP contribution in [0.15, 0.2) is 45.5 Å². The lowest BCUT2D eigenvalue weighted by molar-refractivity contribution is 0.428. The Morgan fingerprint density at radius 3 is 2.88 bits per heavy atom. The molecule has 0 spiro atoms. The molecule has 1 aromatic heterocycles. The SMILES string of the molecule is CNC(Cc1cc(F)ccc1Br)c1ccco1. The number of furan rings is 1. The molecule has 2 aromatic rings. The van der Waals surface area contributed by atoms with E-state index >= 15 is 0 Å². The van der Waals surface area contributed by atoms with E-state index in [-0.39, 0.29) is 11.9 Å². The maximum Gasteiger partial charge on any atom is 0.123 e. The first-order valence-corrected chi connectivity index (χ1v) is 6.14. The second kappa shape index (κ2) is 5.47. The van der Waals surface area contributed by atoms with Gasteiger partial charge < -0.3 is 9.73 Å². The highest BCUT2D eigenvalue weighted by Crippen LogP contribution is 2.24. The summed E-state index contributed by atoms with van der Waals surface area (Å²) in [7, 11) is 1.86. The third-order valence-corrected chi connectivity index (χ3v) is 3.44. The molecule has 0 aliphatic heterocycles. The molecule has 2 nitrogen and oxygen atoms in total. The molecule has 2 rings (SSSR count). The van der Waals surface area contributed by atoms with Crippen LogP contribution in [0.3, 0.4) is 0 Å². The van der Waals surface area contributed by atoms with Crippen LogP contribution in [-0.4, -0.2) is 7.05 Å². The predicted octanol–water partition coefficient (Wildman–Crippen LogP) is 3.68. The van der Waals surface area contributed by atoms with Gasteiger partial charge in [0.15, 0.2) is 0 Å². The molecular formula is C13H13BrFNO. The molecular weight excluding hydrogens is 285 g/mol. The standard InChI is InChI=1S/C13H13BrFNO/c1-16-12(13-3-2-6-17-13)8-9-7-10(15)4-5-11(9)14/h2-7,12,16H,8H2,1H3. The van der Waals surface area contributed by atoms with Gasteiger partial charge in [0, 0.05) is 4.47 Å². The first-order chi connectivity index (χ1) is 8.20. The number of halogens is 2. The van der Waals surface area contributed by atoms with Crippen LogP contribution in [0.5, 0.6) is 0 Å². The molecule has 17 heavy (non-hydrogen) atoms. The van der Waals surface area contributed by atoms with E-state index in [4.69, 9.17) is 4.42 Å². The van der Waals surface area contributed by atoms with Crippen LogP contribution in [0.2, 0.25) is 0 Å². The fourth-order valence-electron chi connectivity index (χ4n) is 1.75. The van der Waals surface area contributed by atoms with Gasteiger partial charge in [-0.05, 0) is 49.4 Å². The molecule has 1 heterocycles. The van der Waals surface area contributed by atoms with Crippen molar-refractivity contribution in [2.24, 2.45) is 0 Å². The summed E-state index contributed by atoms with van der Waals surface area (Å²) in [5, 5.41) is 3.16. The van der Waals surface area contributed by atoms with Crippen LogP contribution in [0.25, 0.3) is 0 Å². The van der Waals surface area contributed by atoms with Crippen LogP contribution in [0.4, 0.5) is 4.39 Å². The minimum Gasteiger partial charge on any atom is -0.468 e. The molecule has 0 fully saturated rings. The zero-order valence-electron chi connectivity index (χ0n) is 9.41. The van der Waals surface area contributed by atoms with Crippen LogP contribution < -0.4 is 5.32 Å². The van der Waals surface area contributed by atoms with Crippen LogP contribution in [0.1, 0.15) is 17.4 Å². The average Bonchev–Trinajstić information content (AvgIpc) is 2.84. The minimum absolute atomic E-state index is 0.0445. The first-order valence-electron chi connectivity index (χ1n) is 5.35. The van der Waals surface area contributed by atoms with Gasteiger partial charge >= 0.3 is 0 Å². The van der Waals surface area contributed by atoms with Crippen LogP contribution >= 0.6 is 15.9 Å². The molecule has 0 amide bonds. The van der Waals surface area contributed by atoms with Gasteiger partial charge in [0.05, 0.1) is 12.3 Å². The topological polar surface area (TPSA) is 25.2 Å². The summed E-state index contributed by atoms with van der Waals surface area (Å²) in [6.07, 6.45) is 2.31. The summed E-state index contributed by atoms with van der Waals surface area (Å²) < 4.78 is 19.4. The molecule has 0 saturated carbocycles. The highest BCUT2D eigenvalue weighted by atomic mass is 79.9. The summed E-state index contributed by atoms with van der Waals surface area (Å²) in [5.41, 5.74) is 0.917. The van der Waals surface area contributed by atoms with Crippen molar-refractivity contribution in [2.45, 2.75) is 12.5 Å². The van der Waals surface area contributed by atoms with E-state index in [1.807, 2.05) is 19.2 Å². The summed E-state index contributed by atoms with van der Waals surface area (Å²) in [5.74, 6) is 0.626. The second-order valence-electron chi connectivity index (χ2n) is 3.80. The largest absolute Gasteiger partial charge is 0.468 e. The molecule has 1 aromatic carbocycles. The number of nitrogens with one attached hydrogen (secondary N) is 1. The first kappa shape index (κ1) is 12.3. The Bertz CT molecular complexity index is 484. The van der Waals surface area contributed by atoms with E-state index < -0.39 is 0 Å². The Morgan fingerprint density at radius 2 is 2.24 bits per heavy atom. The van der Waals surface area contributed by atoms with Gasteiger partial charge in [-0.2, -0.15) is 0 Å². The maximum atomic E-state index is 13.2. The van der Waals surface area contributed by atoms with Crippen LogP contribution in [0, 0.1) is 5.82 Å². The summed E-state index contributed by atoms with van der Waals surface area (Å²) in [6, 6.07) is 8.50. The quantitative estimate of drug-likeness (QED) is 0.931. The molecule has 0 saturated heterocycles. The lowest BCUT2D eigenvalue weighted by atomic mass is 10.0. The van der Waals surface area contributed by atoms with Gasteiger partial charge in [-0.15, -0.1) is 0 Å². The number of likely N-dealkylation sites (N-methyl/N-ethyl adjacent to an activating group) is 1. The molecule has 90 valence electrons. The Hall–Kier alpha value is -1.13. The van der Waals surface area contributed by atoms with E-state index in [0.717, 1.165) is 15.8 Å². The zero-order chi connectivity index (χ0) is 12.3. The Kier molecular flexibility index (Phi) is 3.97. The highest BCUT2D eigenvalue weighted by Gasteiger charge is 2.14. The van der Waals surface area contributed by atoms with Gasteiger partial charge in [-0.25, -0.2) is 4.39 Å². The van der Waals surface area contributed by atoms with Crippen molar-refractivity contribution in [1.29, 1.82) is 0 Å². The lowest BCUT2D eigenvalue weighted by Crippen LogP contribution is -2.18. The normalized spacial score (nSPS) is 12.6. The van der Waals surface area contributed by atoms with Crippen LogP contribution in [-0.2, 0) is 6.42 Å². The summed E-state index contributed by atoms with van der Waals surface area (Å²) >= 11 is 3.43. The third-order valence-electron chi connectivity index (χ3n) is 2.67. The number of rotatable bonds is 4. The second-order valence-corrected chi connectivity index (χ2v) is 4.65. The average molecular weight is 298 g/mol. The molecule has 1 N–H and O–H groups in total. The third kappa shape index (κ3) is 2.96. The fourth-order valence-corrected chi connectivity index (χ4v) is 2.16. The summed E-state index contributed by atoms with van der Waals surface area (Å²) in [6.45, 7) is 0. The predicted molar refractivity (Wildman–Crippen MR) is 68.3 cm³/mol. The van der Waals surface area contributed by atoms with Gasteiger partial charge in [-0.3, -0.25) is 0 Å². The number of hydrogen-bond donors (Lipinski definition) is 1. The smallest absolute Gasteiger partial charge is 0.123 e. The summed E-state index contributed by atoms with van der Waals surface area (Å²) in [4.78, 5) is 0. The molecule has 4 heteroatoms. The van der Waals surface area contributed by atoms with Gasteiger partial charge in [0.2, 0.25) is 0 Å². The van der Waals surface area contributed by atoms with Gasteiger partial charge in [-0.1, -0.05) is 15.9 Å². The van der Waals surface area contributed by atoms with E-state index in [2.05, 4.69) is 21.2 Å². The van der Waals surface area contributed by atoms with E-state index in [1.54, 1.807) is 12.3 Å². The molecule has 0 aliphatic rings.